The Labute approximate surface area is 145 Å². The Morgan fingerprint density at radius 3 is 2.56 bits per heavy atom. The van der Waals surface area contributed by atoms with E-state index in [4.69, 9.17) is 0 Å². The molecule has 1 atom stereocenters. The van der Waals surface area contributed by atoms with Crippen LogP contribution in [0.2, 0.25) is 0 Å². The van der Waals surface area contributed by atoms with Gasteiger partial charge in [0.05, 0.1) is 18.8 Å². The van der Waals surface area contributed by atoms with Crippen LogP contribution in [-0.4, -0.2) is 63.6 Å². The van der Waals surface area contributed by atoms with Crippen LogP contribution in [0.25, 0.3) is 0 Å². The summed E-state index contributed by atoms with van der Waals surface area (Å²) in [7, 11) is 0. The third-order valence-electron chi connectivity index (χ3n) is 4.57. The van der Waals surface area contributed by atoms with Crippen molar-refractivity contribution in [3.8, 4) is 0 Å². The van der Waals surface area contributed by atoms with Crippen LogP contribution in [0.3, 0.4) is 0 Å². The fraction of sp³-hybridized carbons (Fsp3) is 0.588. The quantitative estimate of drug-likeness (QED) is 0.557. The molecule has 1 heterocycles. The molecule has 0 saturated carbocycles. The summed E-state index contributed by atoms with van der Waals surface area (Å²) in [6.45, 7) is 1.20. The van der Waals surface area contributed by atoms with Gasteiger partial charge < -0.3 is 25.5 Å². The van der Waals surface area contributed by atoms with Crippen LogP contribution < -0.4 is 5.32 Å². The molecule has 1 aliphatic rings. The Hall–Kier alpha value is -1.61. The highest BCUT2D eigenvalue weighted by Gasteiger charge is 2.43. The number of rotatable bonds is 7. The Morgan fingerprint density at radius 1 is 1.28 bits per heavy atom. The first-order valence-electron chi connectivity index (χ1n) is 8.15. The zero-order valence-electron chi connectivity index (χ0n) is 14.1. The topological polar surface area (TPSA) is 93.0 Å². The van der Waals surface area contributed by atoms with Crippen molar-refractivity contribution in [1.82, 2.24) is 10.2 Å². The molecule has 25 heavy (non-hydrogen) atoms. The van der Waals surface area contributed by atoms with E-state index in [2.05, 4.69) is 5.32 Å². The van der Waals surface area contributed by atoms with Gasteiger partial charge in [-0.05, 0) is 37.5 Å². The third-order valence-corrected chi connectivity index (χ3v) is 4.57. The molecule has 1 saturated heterocycles. The first-order valence-corrected chi connectivity index (χ1v) is 8.15. The van der Waals surface area contributed by atoms with E-state index < -0.39 is 28.7 Å². The number of hydrogen-bond donors (Lipinski definition) is 4. The van der Waals surface area contributed by atoms with Crippen LogP contribution in [0.4, 0.5) is 8.78 Å². The third kappa shape index (κ3) is 4.52. The Bertz CT molecular complexity index is 625. The molecule has 1 aliphatic heterocycles. The molecule has 2 rings (SSSR count). The van der Waals surface area contributed by atoms with E-state index in [1.165, 1.54) is 11.0 Å². The van der Waals surface area contributed by atoms with E-state index in [1.807, 2.05) is 0 Å². The van der Waals surface area contributed by atoms with Crippen molar-refractivity contribution in [2.24, 2.45) is 0 Å². The summed E-state index contributed by atoms with van der Waals surface area (Å²) >= 11 is 0. The molecule has 1 aromatic rings. The molecular formula is C17H24F2N2O4. The van der Waals surface area contributed by atoms with Crippen molar-refractivity contribution in [2.45, 2.75) is 37.5 Å². The van der Waals surface area contributed by atoms with E-state index in [-0.39, 0.29) is 32.7 Å². The van der Waals surface area contributed by atoms with E-state index in [0.29, 0.717) is 18.5 Å². The molecule has 0 bridgehead atoms. The van der Waals surface area contributed by atoms with Gasteiger partial charge in [-0.25, -0.2) is 8.78 Å². The van der Waals surface area contributed by atoms with Gasteiger partial charge in [0.1, 0.15) is 0 Å². The number of nitrogens with one attached hydrogen (secondary N) is 1. The molecule has 0 aromatic heterocycles. The van der Waals surface area contributed by atoms with Gasteiger partial charge in [-0.3, -0.25) is 4.79 Å². The van der Waals surface area contributed by atoms with Crippen molar-refractivity contribution in [3.05, 3.63) is 35.4 Å². The van der Waals surface area contributed by atoms with Gasteiger partial charge in [-0.1, -0.05) is 6.07 Å². The van der Waals surface area contributed by atoms with Crippen LogP contribution in [0.5, 0.6) is 0 Å². The van der Waals surface area contributed by atoms with Gasteiger partial charge in [0.2, 0.25) is 0 Å². The molecule has 1 fully saturated rings. The maximum atomic E-state index is 13.3. The number of nitrogens with zero attached hydrogens (tertiary/aromatic N) is 1. The zero-order chi connectivity index (χ0) is 18.7. The maximum absolute atomic E-state index is 13.3. The number of aliphatic hydroxyl groups excluding tert-OH is 2. The average molecular weight is 358 g/mol. The molecule has 0 radical (unpaired) electrons. The lowest BCUT2D eigenvalue weighted by molar-refractivity contribution is -0.158. The molecule has 1 unspecified atom stereocenters. The number of amides is 1. The zero-order valence-corrected chi connectivity index (χ0v) is 14.1. The van der Waals surface area contributed by atoms with Crippen LogP contribution in [0, 0.1) is 11.6 Å². The Morgan fingerprint density at radius 2 is 1.96 bits per heavy atom. The van der Waals surface area contributed by atoms with Crippen molar-refractivity contribution in [2.75, 3.05) is 26.3 Å². The molecule has 8 heteroatoms. The molecule has 4 N–H and O–H groups in total. The van der Waals surface area contributed by atoms with Crippen molar-refractivity contribution in [1.29, 1.82) is 0 Å². The summed E-state index contributed by atoms with van der Waals surface area (Å²) < 4.78 is 26.3. The summed E-state index contributed by atoms with van der Waals surface area (Å²) in [5, 5.41) is 32.1. The SMILES string of the molecule is CC(CO)(CO)NCC1(O)CCCN(Cc2ccc(F)c(F)c2)C1=O. The summed E-state index contributed by atoms with van der Waals surface area (Å²) in [5.74, 6) is -2.46. The van der Waals surface area contributed by atoms with Gasteiger partial charge in [-0.15, -0.1) is 0 Å². The smallest absolute Gasteiger partial charge is 0.256 e. The Kier molecular flexibility index (Phi) is 6.10. The number of hydrogen-bond acceptors (Lipinski definition) is 5. The first kappa shape index (κ1) is 19.7. The average Bonchev–Trinajstić information content (AvgIpc) is 2.60. The molecule has 6 nitrogen and oxygen atoms in total. The lowest BCUT2D eigenvalue weighted by Gasteiger charge is -2.40. The fourth-order valence-corrected chi connectivity index (χ4v) is 2.76. The van der Waals surface area contributed by atoms with Crippen LogP contribution in [0.1, 0.15) is 25.3 Å². The molecule has 0 aliphatic carbocycles. The summed E-state index contributed by atoms with van der Waals surface area (Å²) in [5.41, 5.74) is -2.26. The minimum Gasteiger partial charge on any atom is -0.394 e. The second kappa shape index (κ2) is 7.74. The number of piperidine rings is 1. The monoisotopic (exact) mass is 358 g/mol. The lowest BCUT2D eigenvalue weighted by atomic mass is 9.90. The first-order chi connectivity index (χ1) is 11.7. The van der Waals surface area contributed by atoms with Crippen LogP contribution in [-0.2, 0) is 11.3 Å². The maximum Gasteiger partial charge on any atom is 0.256 e. The number of halogens is 2. The normalized spacial score (nSPS) is 21.7. The standard InChI is InChI=1S/C17H24F2N2O4/c1-16(10-22,11-23)20-9-17(25)5-2-6-21(15(17)24)8-12-3-4-13(18)14(19)7-12/h3-4,7,20,22-23,25H,2,5-6,8-11H2,1H3. The molecule has 1 aromatic carbocycles. The minimum absolute atomic E-state index is 0.0651. The highest BCUT2D eigenvalue weighted by atomic mass is 19.2. The van der Waals surface area contributed by atoms with Gasteiger partial charge in [0, 0.05) is 19.6 Å². The summed E-state index contributed by atoms with van der Waals surface area (Å²) in [4.78, 5) is 14.0. The predicted octanol–water partition coefficient (Wildman–Crippen LogP) is 0.151. The molecule has 0 spiro atoms. The number of carbonyl (C=O) groups excluding carboxylic acids is 1. The molecular weight excluding hydrogens is 334 g/mol. The second-order valence-electron chi connectivity index (χ2n) is 6.84. The van der Waals surface area contributed by atoms with Crippen LogP contribution in [0.15, 0.2) is 18.2 Å². The lowest BCUT2D eigenvalue weighted by Crippen LogP contribution is -2.61. The van der Waals surface area contributed by atoms with E-state index in [9.17, 15) is 28.9 Å². The fourth-order valence-electron chi connectivity index (χ4n) is 2.76. The Balaban J connectivity index is 2.07. The summed E-state index contributed by atoms with van der Waals surface area (Å²) in [6.07, 6.45) is 0.780. The van der Waals surface area contributed by atoms with Gasteiger partial charge in [0.25, 0.3) is 5.91 Å². The number of β-amino-alcohol motifs (C(OH)–C–C–N with tert-alkyl or cyclic N) is 1. The van der Waals surface area contributed by atoms with Crippen molar-refractivity contribution >= 4 is 5.91 Å². The number of carbonyl (C=O) groups is 1. The number of likely N-dealkylation sites (tertiary alicyclic amines) is 1. The van der Waals surface area contributed by atoms with E-state index >= 15 is 0 Å². The van der Waals surface area contributed by atoms with E-state index in [1.54, 1.807) is 6.92 Å². The van der Waals surface area contributed by atoms with Crippen molar-refractivity contribution in [3.63, 3.8) is 0 Å². The van der Waals surface area contributed by atoms with E-state index in [0.717, 1.165) is 12.1 Å². The number of benzene rings is 1. The highest BCUT2D eigenvalue weighted by Crippen LogP contribution is 2.25. The van der Waals surface area contributed by atoms with Crippen LogP contribution >= 0.6 is 0 Å². The summed E-state index contributed by atoms with van der Waals surface area (Å²) in [6, 6.07) is 3.43. The van der Waals surface area contributed by atoms with Crippen molar-refractivity contribution < 1.29 is 28.9 Å². The van der Waals surface area contributed by atoms with Gasteiger partial charge in [0.15, 0.2) is 17.2 Å². The number of aliphatic hydroxyl groups is 3. The second-order valence-corrected chi connectivity index (χ2v) is 6.84. The minimum atomic E-state index is -1.68. The largest absolute Gasteiger partial charge is 0.394 e. The molecule has 1 amide bonds. The molecule has 140 valence electrons. The van der Waals surface area contributed by atoms with Gasteiger partial charge in [-0.2, -0.15) is 0 Å². The predicted molar refractivity (Wildman–Crippen MR) is 86.5 cm³/mol. The van der Waals surface area contributed by atoms with Gasteiger partial charge >= 0.3 is 0 Å². The highest BCUT2D eigenvalue weighted by molar-refractivity contribution is 5.86.